The molecular weight excluding hydrogens is 371 g/mol. The van der Waals surface area contributed by atoms with E-state index in [4.69, 9.17) is 4.42 Å². The Bertz CT molecular complexity index is 986. The molecule has 0 bridgehead atoms. The maximum absolute atomic E-state index is 13.0. The molecule has 0 saturated carbocycles. The van der Waals surface area contributed by atoms with Gasteiger partial charge in [-0.3, -0.25) is 9.48 Å². The zero-order valence-electron chi connectivity index (χ0n) is 15.0. The van der Waals surface area contributed by atoms with Crippen molar-refractivity contribution in [2.75, 3.05) is 5.32 Å². The molecule has 2 aromatic heterocycles. The molecule has 28 heavy (non-hydrogen) atoms. The predicted molar refractivity (Wildman–Crippen MR) is 98.5 cm³/mol. The third-order valence-electron chi connectivity index (χ3n) is 3.96. The lowest BCUT2D eigenvalue weighted by atomic mass is 10.1. The summed E-state index contributed by atoms with van der Waals surface area (Å²) in [6.45, 7) is 2.40. The first-order chi connectivity index (χ1) is 13.3. The highest BCUT2D eigenvalue weighted by molar-refractivity contribution is 6.01. The summed E-state index contributed by atoms with van der Waals surface area (Å²) in [5.41, 5.74) is -0.881. The van der Waals surface area contributed by atoms with E-state index in [0.717, 1.165) is 36.2 Å². The minimum absolute atomic E-state index is 0.0831. The molecule has 1 aromatic carbocycles. The van der Waals surface area contributed by atoms with Gasteiger partial charge in [0.1, 0.15) is 11.5 Å². The lowest BCUT2D eigenvalue weighted by Gasteiger charge is -2.09. The van der Waals surface area contributed by atoms with Crippen LogP contribution < -0.4 is 5.32 Å². The van der Waals surface area contributed by atoms with E-state index in [2.05, 4.69) is 10.4 Å². The molecule has 0 radical (unpaired) electrons. The second-order valence-electron chi connectivity index (χ2n) is 6.03. The Morgan fingerprint density at radius 3 is 2.64 bits per heavy atom. The van der Waals surface area contributed by atoms with Crippen molar-refractivity contribution in [1.29, 1.82) is 0 Å². The van der Waals surface area contributed by atoms with Crippen LogP contribution in [0.4, 0.5) is 19.0 Å². The van der Waals surface area contributed by atoms with E-state index < -0.39 is 17.6 Å². The number of hydrogen-bond donors (Lipinski definition) is 1. The van der Waals surface area contributed by atoms with Crippen LogP contribution in [0.5, 0.6) is 0 Å². The Labute approximate surface area is 159 Å². The lowest BCUT2D eigenvalue weighted by molar-refractivity contribution is -0.137. The number of nitrogens with zero attached hydrogens (tertiary/aromatic N) is 2. The van der Waals surface area contributed by atoms with Crippen LogP contribution in [-0.2, 0) is 23.9 Å². The molecule has 0 atom stereocenters. The maximum atomic E-state index is 13.0. The van der Waals surface area contributed by atoms with Gasteiger partial charge in [0.2, 0.25) is 5.91 Å². The zero-order chi connectivity index (χ0) is 20.1. The van der Waals surface area contributed by atoms with Crippen molar-refractivity contribution in [3.63, 3.8) is 0 Å². The average molecular weight is 389 g/mol. The molecule has 8 heteroatoms. The number of hydrogen-bond acceptors (Lipinski definition) is 3. The fourth-order valence-corrected chi connectivity index (χ4v) is 2.61. The number of alkyl halides is 3. The summed E-state index contributed by atoms with van der Waals surface area (Å²) < 4.78 is 46.1. The lowest BCUT2D eigenvalue weighted by Crippen LogP contribution is -2.10. The Hall–Kier alpha value is -3.29. The SMILES string of the molecule is CCc1ccc(Cn2ccc(NC(=O)/C=C/c3ccccc3C(F)(F)F)n2)o1. The first-order valence-corrected chi connectivity index (χ1v) is 8.61. The third-order valence-corrected chi connectivity index (χ3v) is 3.96. The van der Waals surface area contributed by atoms with Crippen LogP contribution in [0, 0.1) is 0 Å². The van der Waals surface area contributed by atoms with Crippen molar-refractivity contribution in [3.8, 4) is 0 Å². The molecule has 0 aliphatic rings. The number of anilines is 1. The summed E-state index contributed by atoms with van der Waals surface area (Å²) >= 11 is 0. The fraction of sp³-hybridized carbons (Fsp3) is 0.200. The number of furan rings is 1. The molecule has 146 valence electrons. The van der Waals surface area contributed by atoms with E-state index >= 15 is 0 Å². The van der Waals surface area contributed by atoms with Crippen LogP contribution in [0.1, 0.15) is 29.6 Å². The number of nitrogens with one attached hydrogen (secondary N) is 1. The molecule has 5 nitrogen and oxygen atoms in total. The summed E-state index contributed by atoms with van der Waals surface area (Å²) in [6.07, 6.45) is 0.157. The highest BCUT2D eigenvalue weighted by Gasteiger charge is 2.32. The number of carbonyl (C=O) groups excluding carboxylic acids is 1. The maximum Gasteiger partial charge on any atom is 0.416 e. The Morgan fingerprint density at radius 1 is 1.18 bits per heavy atom. The number of amides is 1. The highest BCUT2D eigenvalue weighted by atomic mass is 19.4. The van der Waals surface area contributed by atoms with Crippen LogP contribution in [0.3, 0.4) is 0 Å². The molecule has 3 rings (SSSR count). The largest absolute Gasteiger partial charge is 0.464 e. The Morgan fingerprint density at radius 2 is 1.93 bits per heavy atom. The number of halogens is 3. The van der Waals surface area contributed by atoms with Gasteiger partial charge in [-0.05, 0) is 29.8 Å². The van der Waals surface area contributed by atoms with Gasteiger partial charge in [-0.25, -0.2) is 0 Å². The zero-order valence-corrected chi connectivity index (χ0v) is 15.0. The van der Waals surface area contributed by atoms with E-state index in [-0.39, 0.29) is 5.56 Å². The summed E-state index contributed by atoms with van der Waals surface area (Å²) in [6, 6.07) is 10.4. The van der Waals surface area contributed by atoms with Gasteiger partial charge in [-0.1, -0.05) is 25.1 Å². The molecule has 0 aliphatic carbocycles. The number of benzene rings is 1. The smallest absolute Gasteiger partial charge is 0.416 e. The number of rotatable bonds is 6. The number of aromatic nitrogens is 2. The molecule has 0 saturated heterocycles. The predicted octanol–water partition coefficient (Wildman–Crippen LogP) is 4.76. The standard InChI is InChI=1S/C20H18F3N3O2/c1-2-15-8-9-16(28-15)13-26-12-11-18(25-26)24-19(27)10-7-14-5-3-4-6-17(14)20(21,22)23/h3-12H,2,13H2,1H3,(H,24,25,27)/b10-7+. The van der Waals surface area contributed by atoms with E-state index in [1.165, 1.54) is 18.2 Å². The monoisotopic (exact) mass is 389 g/mol. The molecule has 2 heterocycles. The highest BCUT2D eigenvalue weighted by Crippen LogP contribution is 2.32. The summed E-state index contributed by atoms with van der Waals surface area (Å²) in [4.78, 5) is 12.0. The van der Waals surface area contributed by atoms with Gasteiger partial charge < -0.3 is 9.73 Å². The average Bonchev–Trinajstić information content (AvgIpc) is 3.29. The Balaban J connectivity index is 1.63. The fourth-order valence-electron chi connectivity index (χ4n) is 2.61. The van der Waals surface area contributed by atoms with Crippen molar-refractivity contribution in [3.05, 3.63) is 77.4 Å². The van der Waals surface area contributed by atoms with Crippen molar-refractivity contribution in [1.82, 2.24) is 9.78 Å². The molecule has 0 unspecified atom stereocenters. The van der Waals surface area contributed by atoms with Crippen LogP contribution >= 0.6 is 0 Å². The number of carbonyl (C=O) groups is 1. The van der Waals surface area contributed by atoms with Gasteiger partial charge in [0, 0.05) is 24.8 Å². The minimum atomic E-state index is -4.49. The first kappa shape index (κ1) is 19.5. The van der Waals surface area contributed by atoms with Crippen molar-refractivity contribution < 1.29 is 22.4 Å². The van der Waals surface area contributed by atoms with E-state index in [9.17, 15) is 18.0 Å². The summed E-state index contributed by atoms with van der Waals surface area (Å²) in [7, 11) is 0. The van der Waals surface area contributed by atoms with Gasteiger partial charge in [0.25, 0.3) is 0 Å². The van der Waals surface area contributed by atoms with Gasteiger partial charge in [-0.2, -0.15) is 18.3 Å². The summed E-state index contributed by atoms with van der Waals surface area (Å²) in [5, 5.41) is 6.73. The molecule has 1 N–H and O–H groups in total. The first-order valence-electron chi connectivity index (χ1n) is 8.61. The van der Waals surface area contributed by atoms with Gasteiger partial charge in [0.15, 0.2) is 5.82 Å². The molecule has 0 fully saturated rings. The van der Waals surface area contributed by atoms with E-state index in [1.54, 1.807) is 16.9 Å². The van der Waals surface area contributed by atoms with Crippen LogP contribution in [-0.4, -0.2) is 15.7 Å². The summed E-state index contributed by atoms with van der Waals surface area (Å²) in [5.74, 6) is 1.33. The van der Waals surface area contributed by atoms with E-state index in [1.807, 2.05) is 19.1 Å². The normalized spacial score (nSPS) is 11.9. The molecule has 0 aliphatic heterocycles. The van der Waals surface area contributed by atoms with Crippen LogP contribution in [0.25, 0.3) is 6.08 Å². The third kappa shape index (κ3) is 4.91. The van der Waals surface area contributed by atoms with Gasteiger partial charge in [0.05, 0.1) is 12.1 Å². The van der Waals surface area contributed by atoms with Gasteiger partial charge >= 0.3 is 6.18 Å². The molecule has 3 aromatic rings. The Kier molecular flexibility index (Phi) is 5.67. The van der Waals surface area contributed by atoms with E-state index in [0.29, 0.717) is 12.4 Å². The van der Waals surface area contributed by atoms with Crippen molar-refractivity contribution >= 4 is 17.8 Å². The van der Waals surface area contributed by atoms with Crippen molar-refractivity contribution in [2.24, 2.45) is 0 Å². The topological polar surface area (TPSA) is 60.1 Å². The van der Waals surface area contributed by atoms with Gasteiger partial charge in [-0.15, -0.1) is 0 Å². The second-order valence-corrected chi connectivity index (χ2v) is 6.03. The van der Waals surface area contributed by atoms with Crippen LogP contribution in [0.2, 0.25) is 0 Å². The minimum Gasteiger partial charge on any atom is -0.464 e. The molecule has 1 amide bonds. The quantitative estimate of drug-likeness (QED) is 0.619. The molecule has 0 spiro atoms. The number of aryl methyl sites for hydroxylation is 1. The van der Waals surface area contributed by atoms with Crippen molar-refractivity contribution in [2.45, 2.75) is 26.1 Å². The van der Waals surface area contributed by atoms with Crippen LogP contribution in [0.15, 0.2) is 59.2 Å². The second kappa shape index (κ2) is 8.16. The molecular formula is C20H18F3N3O2.